The summed E-state index contributed by atoms with van der Waals surface area (Å²) in [6.45, 7) is 0. The van der Waals surface area contributed by atoms with Crippen LogP contribution in [0, 0.1) is 0 Å². The maximum Gasteiger partial charge on any atom is 0.327 e. The van der Waals surface area contributed by atoms with Gasteiger partial charge in [-0.2, -0.15) is 8.78 Å². The summed E-state index contributed by atoms with van der Waals surface area (Å²) in [5, 5.41) is 6.45. The Bertz CT molecular complexity index is 630. The van der Waals surface area contributed by atoms with Crippen molar-refractivity contribution in [3.05, 3.63) is 66.2 Å². The van der Waals surface area contributed by atoms with E-state index in [4.69, 9.17) is 4.74 Å². The first-order valence-corrected chi connectivity index (χ1v) is 7.46. The molecule has 2 aromatic rings. The minimum absolute atomic E-state index is 0.333. The fraction of sp³-hybridized carbons (Fsp3) is 0.176. The summed E-state index contributed by atoms with van der Waals surface area (Å²) in [5.41, 5.74) is 0.629. The third kappa shape index (κ3) is 4.32. The fourth-order valence-electron chi connectivity index (χ4n) is 1.82. The lowest BCUT2D eigenvalue weighted by molar-refractivity contribution is -0.00669. The minimum Gasteiger partial charge on any atom is -0.496 e. The summed E-state index contributed by atoms with van der Waals surface area (Å²) in [4.78, 5) is 0.400. The van der Waals surface area contributed by atoms with Crippen molar-refractivity contribution in [3.63, 3.8) is 0 Å². The molecule has 0 aliphatic carbocycles. The Hall–Kier alpha value is -1.85. The van der Waals surface area contributed by atoms with Gasteiger partial charge in [-0.3, -0.25) is 0 Å². The predicted octanol–water partition coefficient (Wildman–Crippen LogP) is 4.45. The first kappa shape index (κ1) is 16.5. The number of methoxy groups -OCH3 is 1. The number of alkyl halides is 2. The highest BCUT2D eigenvalue weighted by Gasteiger charge is 2.38. The van der Waals surface area contributed by atoms with E-state index in [2.05, 4.69) is 0 Å². The number of thioether (sulfide) groups is 1. The fourth-order valence-corrected chi connectivity index (χ4v) is 2.62. The Balaban J connectivity index is 2.09. The normalized spacial score (nSPS) is 13.3. The molecule has 0 spiro atoms. The van der Waals surface area contributed by atoms with E-state index < -0.39 is 11.4 Å². The van der Waals surface area contributed by atoms with Gasteiger partial charge in [0.05, 0.1) is 7.11 Å². The second kappa shape index (κ2) is 7.42. The number of rotatable bonds is 6. The van der Waals surface area contributed by atoms with E-state index in [1.807, 2.05) is 0 Å². The summed E-state index contributed by atoms with van der Waals surface area (Å²) in [7, 11) is 1.50. The van der Waals surface area contributed by atoms with Gasteiger partial charge in [0.2, 0.25) is 0 Å². The first-order valence-electron chi connectivity index (χ1n) is 6.64. The van der Waals surface area contributed by atoms with Gasteiger partial charge >= 0.3 is 5.25 Å². The molecule has 22 heavy (non-hydrogen) atoms. The van der Waals surface area contributed by atoms with Crippen LogP contribution < -0.4 is 4.74 Å². The molecule has 2 nitrogen and oxygen atoms in total. The van der Waals surface area contributed by atoms with Crippen LogP contribution in [-0.4, -0.2) is 23.6 Å². The Morgan fingerprint density at radius 2 is 1.73 bits per heavy atom. The van der Waals surface area contributed by atoms with E-state index in [1.165, 1.54) is 13.2 Å². The van der Waals surface area contributed by atoms with Gasteiger partial charge in [-0.1, -0.05) is 42.5 Å². The Morgan fingerprint density at radius 3 is 2.41 bits per heavy atom. The molecule has 0 bridgehead atoms. The van der Waals surface area contributed by atoms with Crippen molar-refractivity contribution in [2.75, 3.05) is 7.11 Å². The summed E-state index contributed by atoms with van der Waals surface area (Å²) in [6.07, 6.45) is 0.610. The van der Waals surface area contributed by atoms with Gasteiger partial charge in [-0.15, -0.1) is 0 Å². The van der Waals surface area contributed by atoms with Crippen LogP contribution in [0.2, 0.25) is 0 Å². The van der Waals surface area contributed by atoms with Gasteiger partial charge in [0.25, 0.3) is 0 Å². The summed E-state index contributed by atoms with van der Waals surface area (Å²) >= 11 is 0.333. The highest BCUT2D eigenvalue weighted by molar-refractivity contribution is 8.00. The quantitative estimate of drug-likeness (QED) is 0.797. The number of benzene rings is 2. The summed E-state index contributed by atoms with van der Waals surface area (Å²) < 4.78 is 33.2. The number of para-hydroxylation sites is 1. The van der Waals surface area contributed by atoms with Gasteiger partial charge in [-0.25, -0.2) is 0 Å². The average molecular weight is 322 g/mol. The molecule has 0 radical (unpaired) electrons. The van der Waals surface area contributed by atoms with Gasteiger partial charge in [0.15, 0.2) is 0 Å². The van der Waals surface area contributed by atoms with Gasteiger partial charge in [0, 0.05) is 10.5 Å². The molecular weight excluding hydrogens is 306 g/mol. The molecule has 2 aromatic carbocycles. The molecule has 0 aliphatic rings. The Morgan fingerprint density at radius 1 is 1.09 bits per heavy atom. The van der Waals surface area contributed by atoms with Crippen LogP contribution in [0.3, 0.4) is 0 Å². The standard InChI is InChI=1S/C17H16F2O2S/c1-21-15-10-6-5-7-13(15)11-12-16(20)17(18,19)22-14-8-3-2-4-9-14/h2-12,16,20H,1H3/b12-11+. The lowest BCUT2D eigenvalue weighted by Crippen LogP contribution is -2.27. The average Bonchev–Trinajstić information content (AvgIpc) is 2.53. The van der Waals surface area contributed by atoms with Crippen LogP contribution in [0.1, 0.15) is 5.56 Å². The molecule has 1 atom stereocenters. The number of hydrogen-bond acceptors (Lipinski definition) is 3. The molecule has 0 amide bonds. The lowest BCUT2D eigenvalue weighted by atomic mass is 10.1. The largest absolute Gasteiger partial charge is 0.496 e. The third-order valence-electron chi connectivity index (χ3n) is 2.94. The Labute approximate surface area is 132 Å². The molecule has 0 fully saturated rings. The van der Waals surface area contributed by atoms with E-state index in [1.54, 1.807) is 54.6 Å². The third-order valence-corrected chi connectivity index (χ3v) is 3.96. The van der Waals surface area contributed by atoms with Crippen LogP contribution in [-0.2, 0) is 0 Å². The van der Waals surface area contributed by atoms with E-state index in [9.17, 15) is 13.9 Å². The van der Waals surface area contributed by atoms with E-state index in [0.29, 0.717) is 28.0 Å². The van der Waals surface area contributed by atoms with Crippen molar-refractivity contribution < 1.29 is 18.6 Å². The van der Waals surface area contributed by atoms with E-state index in [-0.39, 0.29) is 0 Å². The van der Waals surface area contributed by atoms with Crippen molar-refractivity contribution in [3.8, 4) is 5.75 Å². The molecule has 5 heteroatoms. The maximum absolute atomic E-state index is 14.0. The number of aliphatic hydroxyl groups excluding tert-OH is 1. The zero-order valence-corrected chi connectivity index (χ0v) is 12.8. The van der Waals surface area contributed by atoms with Crippen molar-refractivity contribution in [2.45, 2.75) is 16.3 Å². The van der Waals surface area contributed by atoms with Crippen LogP contribution in [0.15, 0.2) is 65.6 Å². The van der Waals surface area contributed by atoms with Gasteiger partial charge in [-0.05, 0) is 36.0 Å². The van der Waals surface area contributed by atoms with Crippen molar-refractivity contribution in [1.29, 1.82) is 0 Å². The molecule has 1 N–H and O–H groups in total. The molecule has 0 aliphatic heterocycles. The Kier molecular flexibility index (Phi) is 5.57. The second-order valence-corrected chi connectivity index (χ2v) is 5.74. The molecule has 2 rings (SSSR count). The van der Waals surface area contributed by atoms with E-state index in [0.717, 1.165) is 6.08 Å². The van der Waals surface area contributed by atoms with Crippen LogP contribution >= 0.6 is 11.8 Å². The van der Waals surface area contributed by atoms with Gasteiger partial charge in [0.1, 0.15) is 11.9 Å². The molecule has 0 aromatic heterocycles. The predicted molar refractivity (Wildman–Crippen MR) is 85.3 cm³/mol. The molecule has 0 saturated carbocycles. The zero-order chi connectivity index (χ0) is 16.0. The minimum atomic E-state index is -3.32. The number of halogens is 2. The number of ether oxygens (including phenoxy) is 1. The number of aliphatic hydroxyl groups is 1. The van der Waals surface area contributed by atoms with Crippen LogP contribution in [0.5, 0.6) is 5.75 Å². The smallest absolute Gasteiger partial charge is 0.327 e. The molecular formula is C17H16F2O2S. The highest BCUT2D eigenvalue weighted by atomic mass is 32.2. The monoisotopic (exact) mass is 322 g/mol. The molecule has 0 heterocycles. The second-order valence-electron chi connectivity index (χ2n) is 4.52. The molecule has 1 unspecified atom stereocenters. The highest BCUT2D eigenvalue weighted by Crippen LogP contribution is 2.39. The zero-order valence-electron chi connectivity index (χ0n) is 11.9. The molecule has 0 saturated heterocycles. The number of hydrogen-bond donors (Lipinski definition) is 1. The van der Waals surface area contributed by atoms with Crippen LogP contribution in [0.25, 0.3) is 6.08 Å². The van der Waals surface area contributed by atoms with Crippen molar-refractivity contribution >= 4 is 17.8 Å². The van der Waals surface area contributed by atoms with Crippen LogP contribution in [0.4, 0.5) is 8.78 Å². The van der Waals surface area contributed by atoms with Crippen molar-refractivity contribution in [2.24, 2.45) is 0 Å². The summed E-state index contributed by atoms with van der Waals surface area (Å²) in [5.74, 6) is 0.560. The summed E-state index contributed by atoms with van der Waals surface area (Å²) in [6, 6.07) is 15.3. The van der Waals surface area contributed by atoms with Crippen molar-refractivity contribution in [1.82, 2.24) is 0 Å². The van der Waals surface area contributed by atoms with E-state index >= 15 is 0 Å². The lowest BCUT2D eigenvalue weighted by Gasteiger charge is -2.19. The first-order chi connectivity index (χ1) is 10.5. The molecule has 116 valence electrons. The van der Waals surface area contributed by atoms with Gasteiger partial charge < -0.3 is 9.84 Å². The topological polar surface area (TPSA) is 29.5 Å². The maximum atomic E-state index is 14.0. The SMILES string of the molecule is COc1ccccc1/C=C/C(O)C(F)(F)Sc1ccccc1.